The Morgan fingerprint density at radius 2 is 1.50 bits per heavy atom. The third kappa shape index (κ3) is 12.1. The second-order valence-electron chi connectivity index (χ2n) is 7.41. The molecule has 0 radical (unpaired) electrons. The van der Waals surface area contributed by atoms with E-state index in [4.69, 9.17) is 47.4 Å². The maximum Gasteiger partial charge on any atom is 0.342 e. The van der Waals surface area contributed by atoms with E-state index in [9.17, 15) is 4.79 Å². The minimum absolute atomic E-state index is 0.00309. The molecule has 0 bridgehead atoms. The van der Waals surface area contributed by atoms with Crippen molar-refractivity contribution in [1.29, 1.82) is 0 Å². The molecule has 0 aliphatic carbocycles. The van der Waals surface area contributed by atoms with Gasteiger partial charge < -0.3 is 47.4 Å². The molecule has 0 fully saturated rings. The molecule has 3 atom stereocenters. The van der Waals surface area contributed by atoms with Gasteiger partial charge in [0.05, 0.1) is 23.7 Å². The van der Waals surface area contributed by atoms with Crippen LogP contribution in [0.5, 0.6) is 11.5 Å². The molecule has 216 valence electrons. The number of methoxy groups -OCH3 is 6. The van der Waals surface area contributed by atoms with E-state index in [1.165, 1.54) is 42.7 Å². The molecule has 0 N–H and O–H groups in total. The second kappa shape index (κ2) is 20.4. The second-order valence-corrected chi connectivity index (χ2v) is 10.2. The van der Waals surface area contributed by atoms with Crippen molar-refractivity contribution in [3.63, 3.8) is 0 Å². The fourth-order valence-electron chi connectivity index (χ4n) is 3.27. The molecule has 0 unspecified atom stereocenters. The summed E-state index contributed by atoms with van der Waals surface area (Å²) in [6, 6.07) is 3.28. The summed E-state index contributed by atoms with van der Waals surface area (Å²) < 4.78 is 54.8. The lowest BCUT2D eigenvalue weighted by atomic mass is 10.0. The van der Waals surface area contributed by atoms with E-state index in [-0.39, 0.29) is 38.5 Å². The number of benzene rings is 1. The van der Waals surface area contributed by atoms with Crippen molar-refractivity contribution in [2.75, 3.05) is 69.8 Å². The lowest BCUT2D eigenvalue weighted by molar-refractivity contribution is -0.196. The molecule has 11 nitrogen and oxygen atoms in total. The minimum atomic E-state index is -0.638. The van der Waals surface area contributed by atoms with Crippen LogP contribution in [-0.4, -0.2) is 94.1 Å². The summed E-state index contributed by atoms with van der Waals surface area (Å²) in [6.07, 6.45) is 3.88. The SMILES string of the molecule is COCOc1cc(OC)cc(/C=C/C[C@H](OCOC)[C@H](OCOC)[C@@H](C=C(Br)Br)OCOC)c1C(=O)OC. The van der Waals surface area contributed by atoms with E-state index in [0.29, 0.717) is 21.1 Å². The Morgan fingerprint density at radius 3 is 2.08 bits per heavy atom. The Balaban J connectivity index is 3.42. The number of esters is 1. The zero-order valence-electron chi connectivity index (χ0n) is 22.4. The molecule has 1 aromatic rings. The van der Waals surface area contributed by atoms with Crippen LogP contribution >= 0.6 is 31.9 Å². The maximum absolute atomic E-state index is 12.6. The van der Waals surface area contributed by atoms with Crippen LogP contribution in [0.4, 0.5) is 0 Å². The monoisotopic (exact) mass is 670 g/mol. The summed E-state index contributed by atoms with van der Waals surface area (Å²) in [5.41, 5.74) is 0.730. The highest BCUT2D eigenvalue weighted by atomic mass is 79.9. The van der Waals surface area contributed by atoms with Crippen LogP contribution in [0.3, 0.4) is 0 Å². The van der Waals surface area contributed by atoms with Crippen molar-refractivity contribution < 1.29 is 52.2 Å². The normalized spacial score (nSPS) is 13.7. The van der Waals surface area contributed by atoms with E-state index < -0.39 is 24.3 Å². The number of halogens is 2. The van der Waals surface area contributed by atoms with E-state index >= 15 is 0 Å². The molecule has 0 saturated carbocycles. The third-order valence-corrected chi connectivity index (χ3v) is 5.40. The average molecular weight is 672 g/mol. The first-order chi connectivity index (χ1) is 18.4. The van der Waals surface area contributed by atoms with Crippen LogP contribution in [0.1, 0.15) is 22.3 Å². The van der Waals surface area contributed by atoms with Gasteiger partial charge in [0, 0.05) is 34.5 Å². The fraction of sp³-hybridized carbons (Fsp3) is 0.560. The molecular formula is C25H36Br2O11. The number of carbonyl (C=O) groups excluding carboxylic acids is 1. The van der Waals surface area contributed by atoms with Crippen molar-refractivity contribution in [2.24, 2.45) is 0 Å². The fourth-order valence-corrected chi connectivity index (χ4v) is 3.79. The van der Waals surface area contributed by atoms with Gasteiger partial charge in [-0.3, -0.25) is 0 Å². The first kappa shape index (κ1) is 34.5. The van der Waals surface area contributed by atoms with Crippen LogP contribution in [0.2, 0.25) is 0 Å². The van der Waals surface area contributed by atoms with Gasteiger partial charge in [-0.25, -0.2) is 4.79 Å². The number of rotatable bonds is 20. The van der Waals surface area contributed by atoms with Gasteiger partial charge in [-0.2, -0.15) is 0 Å². The van der Waals surface area contributed by atoms with Gasteiger partial charge in [-0.1, -0.05) is 12.2 Å². The molecule has 0 saturated heterocycles. The quantitative estimate of drug-likeness (QED) is 0.145. The van der Waals surface area contributed by atoms with E-state index in [1.807, 2.05) is 6.08 Å². The predicted octanol–water partition coefficient (Wildman–Crippen LogP) is 4.47. The van der Waals surface area contributed by atoms with Crippen LogP contribution in [0.15, 0.2) is 27.7 Å². The zero-order chi connectivity index (χ0) is 28.3. The van der Waals surface area contributed by atoms with Crippen molar-refractivity contribution >= 4 is 43.9 Å². The molecule has 13 heteroatoms. The Morgan fingerprint density at radius 1 is 0.868 bits per heavy atom. The van der Waals surface area contributed by atoms with Crippen LogP contribution in [-0.2, 0) is 37.9 Å². The van der Waals surface area contributed by atoms with Gasteiger partial charge >= 0.3 is 5.97 Å². The number of ether oxygens (including phenoxy) is 10. The molecule has 0 amide bonds. The first-order valence-electron chi connectivity index (χ1n) is 11.3. The molecule has 0 aliphatic rings. The van der Waals surface area contributed by atoms with Crippen molar-refractivity contribution in [3.8, 4) is 11.5 Å². The summed E-state index contributed by atoms with van der Waals surface area (Å²) in [4.78, 5) is 12.6. The van der Waals surface area contributed by atoms with Crippen LogP contribution < -0.4 is 9.47 Å². The van der Waals surface area contributed by atoms with E-state index in [2.05, 4.69) is 31.9 Å². The molecule has 1 rings (SSSR count). The van der Waals surface area contributed by atoms with Gasteiger partial charge in [0.2, 0.25) is 0 Å². The Bertz CT molecular complexity index is 875. The highest BCUT2D eigenvalue weighted by Crippen LogP contribution is 2.31. The maximum atomic E-state index is 12.6. The molecule has 0 aromatic heterocycles. The standard InChI is InChI=1S/C25H36Br2O11/c1-29-13-35-19(24(38-16-32-4)21(12-22(26)27)37-15-31-3)9-7-8-17-10-18(33-5)11-20(36-14-30-2)23(17)25(28)34-6/h7-8,10-12,19,21,24H,9,13-16H2,1-6H3/b8-7+/t19-,21+,24-/m0/s1. The Kier molecular flexibility index (Phi) is 18.5. The van der Waals surface area contributed by atoms with Crippen molar-refractivity contribution in [2.45, 2.75) is 24.7 Å². The van der Waals surface area contributed by atoms with Crippen LogP contribution in [0, 0.1) is 0 Å². The largest absolute Gasteiger partial charge is 0.497 e. The molecule has 1 aromatic carbocycles. The number of carbonyl (C=O) groups is 1. The Hall–Kier alpha value is -1.55. The molecule has 0 heterocycles. The first-order valence-corrected chi connectivity index (χ1v) is 12.9. The molecule has 0 spiro atoms. The summed E-state index contributed by atoms with van der Waals surface area (Å²) in [5, 5.41) is 0. The molecular weight excluding hydrogens is 636 g/mol. The van der Waals surface area contributed by atoms with Crippen LogP contribution in [0.25, 0.3) is 6.08 Å². The summed E-state index contributed by atoms with van der Waals surface area (Å²) >= 11 is 6.74. The van der Waals surface area contributed by atoms with E-state index in [1.54, 1.807) is 24.3 Å². The van der Waals surface area contributed by atoms with Crippen molar-refractivity contribution in [3.05, 3.63) is 38.8 Å². The molecule has 0 aliphatic heterocycles. The lowest BCUT2D eigenvalue weighted by Gasteiger charge is -2.31. The number of hydrogen-bond donors (Lipinski definition) is 0. The predicted molar refractivity (Wildman–Crippen MR) is 147 cm³/mol. The summed E-state index contributed by atoms with van der Waals surface area (Å²) in [7, 11) is 8.85. The topological polar surface area (TPSA) is 109 Å². The van der Waals surface area contributed by atoms with E-state index in [0.717, 1.165) is 0 Å². The van der Waals surface area contributed by atoms with Crippen molar-refractivity contribution in [1.82, 2.24) is 0 Å². The summed E-state index contributed by atoms with van der Waals surface area (Å²) in [5.74, 6) is 0.163. The summed E-state index contributed by atoms with van der Waals surface area (Å²) in [6.45, 7) is -0.0521. The Labute approximate surface area is 240 Å². The van der Waals surface area contributed by atoms with Gasteiger partial charge in [0.1, 0.15) is 49.6 Å². The number of hydrogen-bond acceptors (Lipinski definition) is 11. The smallest absolute Gasteiger partial charge is 0.342 e. The third-order valence-electron chi connectivity index (χ3n) is 4.87. The van der Waals surface area contributed by atoms with Gasteiger partial charge in [-0.05, 0) is 56.0 Å². The van der Waals surface area contributed by atoms with Gasteiger partial charge in [0.25, 0.3) is 0 Å². The minimum Gasteiger partial charge on any atom is -0.497 e. The molecule has 38 heavy (non-hydrogen) atoms. The van der Waals surface area contributed by atoms with Gasteiger partial charge in [-0.15, -0.1) is 0 Å². The highest BCUT2D eigenvalue weighted by Gasteiger charge is 2.31. The zero-order valence-corrected chi connectivity index (χ0v) is 25.6. The average Bonchev–Trinajstić information content (AvgIpc) is 2.91. The highest BCUT2D eigenvalue weighted by molar-refractivity contribution is 9.28. The van der Waals surface area contributed by atoms with Gasteiger partial charge in [0.15, 0.2) is 6.79 Å². The lowest BCUT2D eigenvalue weighted by Crippen LogP contribution is -2.43.